The van der Waals surface area contributed by atoms with Crippen molar-refractivity contribution >= 4 is 22.7 Å². The number of hydrogen-bond acceptors (Lipinski definition) is 4. The van der Waals surface area contributed by atoms with Crippen LogP contribution in [0.25, 0.3) is 11.0 Å². The lowest BCUT2D eigenvalue weighted by atomic mass is 10.0. The predicted octanol–water partition coefficient (Wildman–Crippen LogP) is 4.44. The third-order valence-electron chi connectivity index (χ3n) is 3.60. The quantitative estimate of drug-likeness (QED) is 0.668. The van der Waals surface area contributed by atoms with Gasteiger partial charge in [0.2, 0.25) is 0 Å². The van der Waals surface area contributed by atoms with Gasteiger partial charge in [0.25, 0.3) is 0 Å². The molecule has 3 aromatic rings. The van der Waals surface area contributed by atoms with Crippen molar-refractivity contribution in [2.75, 3.05) is 0 Å². The van der Waals surface area contributed by atoms with Crippen molar-refractivity contribution in [2.45, 2.75) is 25.4 Å². The van der Waals surface area contributed by atoms with E-state index in [1.54, 1.807) is 24.1 Å². The second-order valence-electron chi connectivity index (χ2n) is 5.05. The fourth-order valence-corrected chi connectivity index (χ4v) is 3.23. The molecule has 2 heterocycles. The zero-order valence-corrected chi connectivity index (χ0v) is 12.8. The van der Waals surface area contributed by atoms with Gasteiger partial charge < -0.3 is 8.83 Å². The van der Waals surface area contributed by atoms with Gasteiger partial charge in [0.15, 0.2) is 0 Å². The van der Waals surface area contributed by atoms with Crippen molar-refractivity contribution in [2.24, 2.45) is 0 Å². The molecule has 108 valence electrons. The highest BCUT2D eigenvalue weighted by Crippen LogP contribution is 2.26. The van der Waals surface area contributed by atoms with Crippen LogP contribution < -0.4 is 5.63 Å². The fourth-order valence-electron chi connectivity index (χ4n) is 2.30. The first-order chi connectivity index (χ1) is 10.1. The lowest BCUT2D eigenvalue weighted by molar-refractivity contribution is 0.530. The fraction of sp³-hybridized carbons (Fsp3) is 0.235. The Hall–Kier alpha value is -1.94. The molecule has 0 saturated heterocycles. The van der Waals surface area contributed by atoms with E-state index in [1.807, 2.05) is 32.0 Å². The van der Waals surface area contributed by atoms with Crippen LogP contribution in [0.4, 0.5) is 0 Å². The Morgan fingerprint density at radius 3 is 2.76 bits per heavy atom. The summed E-state index contributed by atoms with van der Waals surface area (Å²) in [5, 5.41) is 1.02. The number of rotatable bonds is 4. The molecule has 0 N–H and O–H groups in total. The zero-order chi connectivity index (χ0) is 14.8. The van der Waals surface area contributed by atoms with Crippen LogP contribution in [0.2, 0.25) is 0 Å². The van der Waals surface area contributed by atoms with E-state index in [0.29, 0.717) is 5.58 Å². The van der Waals surface area contributed by atoms with E-state index in [9.17, 15) is 4.79 Å². The molecule has 3 rings (SSSR count). The minimum Gasteiger partial charge on any atom is -0.468 e. The van der Waals surface area contributed by atoms with E-state index < -0.39 is 0 Å². The minimum absolute atomic E-state index is 0.287. The summed E-state index contributed by atoms with van der Waals surface area (Å²) in [5.74, 6) is 2.49. The lowest BCUT2D eigenvalue weighted by Crippen LogP contribution is -2.01. The van der Waals surface area contributed by atoms with Crippen LogP contribution >= 0.6 is 11.8 Å². The lowest BCUT2D eigenvalue weighted by Gasteiger charge is -2.08. The van der Waals surface area contributed by atoms with Crippen molar-refractivity contribution in [1.82, 2.24) is 0 Å². The summed E-state index contributed by atoms with van der Waals surface area (Å²) in [6, 6.07) is 9.53. The van der Waals surface area contributed by atoms with Crippen molar-refractivity contribution < 1.29 is 8.83 Å². The Morgan fingerprint density at radius 1 is 1.14 bits per heavy atom. The summed E-state index contributed by atoms with van der Waals surface area (Å²) in [7, 11) is 0. The number of benzene rings is 1. The largest absolute Gasteiger partial charge is 0.468 e. The van der Waals surface area contributed by atoms with Crippen LogP contribution in [0.5, 0.6) is 0 Å². The normalized spacial score (nSPS) is 11.1. The molecule has 0 fully saturated rings. The Morgan fingerprint density at radius 2 is 2.00 bits per heavy atom. The van der Waals surface area contributed by atoms with Crippen LogP contribution in [0.3, 0.4) is 0 Å². The van der Waals surface area contributed by atoms with Gasteiger partial charge in [-0.05, 0) is 42.7 Å². The van der Waals surface area contributed by atoms with Crippen LogP contribution in [0, 0.1) is 13.8 Å². The standard InChI is InChI=1S/C17H16O3S/c1-11-5-6-15-13(8-16(18)20-17(15)12(11)2)9-21-10-14-4-3-7-19-14/h3-8H,9-10H2,1-2H3. The minimum atomic E-state index is -0.287. The smallest absolute Gasteiger partial charge is 0.336 e. The van der Waals surface area contributed by atoms with Crippen molar-refractivity contribution in [3.63, 3.8) is 0 Å². The maximum atomic E-state index is 11.8. The Bertz CT molecular complexity index is 816. The van der Waals surface area contributed by atoms with Gasteiger partial charge in [0.1, 0.15) is 11.3 Å². The molecule has 0 spiro atoms. The summed E-state index contributed by atoms with van der Waals surface area (Å²) in [5.41, 5.74) is 3.59. The number of furan rings is 1. The zero-order valence-electron chi connectivity index (χ0n) is 12.0. The molecule has 4 heteroatoms. The molecule has 0 saturated carbocycles. The summed E-state index contributed by atoms with van der Waals surface area (Å²) in [6.07, 6.45) is 1.68. The average molecular weight is 300 g/mol. The first-order valence-electron chi connectivity index (χ1n) is 6.78. The molecule has 2 aromatic heterocycles. The van der Waals surface area contributed by atoms with E-state index in [-0.39, 0.29) is 5.63 Å². The highest BCUT2D eigenvalue weighted by Gasteiger charge is 2.09. The molecule has 0 aliphatic heterocycles. The van der Waals surface area contributed by atoms with Crippen molar-refractivity contribution in [3.8, 4) is 0 Å². The third-order valence-corrected chi connectivity index (χ3v) is 4.60. The van der Waals surface area contributed by atoms with Crippen LogP contribution in [-0.4, -0.2) is 0 Å². The summed E-state index contributed by atoms with van der Waals surface area (Å²) >= 11 is 1.72. The van der Waals surface area contributed by atoms with Gasteiger partial charge >= 0.3 is 5.63 Å². The molecule has 1 aromatic carbocycles. The van der Waals surface area contributed by atoms with Crippen LogP contribution in [0.1, 0.15) is 22.5 Å². The molecular weight excluding hydrogens is 284 g/mol. The Balaban J connectivity index is 1.91. The maximum Gasteiger partial charge on any atom is 0.336 e. The maximum absolute atomic E-state index is 11.8. The number of hydrogen-bond donors (Lipinski definition) is 0. The monoisotopic (exact) mass is 300 g/mol. The second kappa shape index (κ2) is 5.82. The SMILES string of the molecule is Cc1ccc2c(CSCc3ccco3)cc(=O)oc2c1C. The van der Waals surface area contributed by atoms with Gasteiger partial charge in [0, 0.05) is 17.2 Å². The van der Waals surface area contributed by atoms with Crippen LogP contribution in [0.15, 0.2) is 50.2 Å². The van der Waals surface area contributed by atoms with Crippen molar-refractivity contribution in [1.29, 1.82) is 0 Å². The molecule has 0 atom stereocenters. The van der Waals surface area contributed by atoms with Gasteiger partial charge in [-0.1, -0.05) is 12.1 Å². The van der Waals surface area contributed by atoms with E-state index in [4.69, 9.17) is 8.83 Å². The molecule has 0 aliphatic rings. The molecule has 0 aliphatic carbocycles. The van der Waals surface area contributed by atoms with E-state index in [1.165, 1.54) is 0 Å². The third kappa shape index (κ3) is 2.90. The second-order valence-corrected chi connectivity index (χ2v) is 6.03. The first-order valence-corrected chi connectivity index (χ1v) is 7.93. The van der Waals surface area contributed by atoms with Gasteiger partial charge in [-0.2, -0.15) is 0 Å². The topological polar surface area (TPSA) is 43.4 Å². The van der Waals surface area contributed by atoms with Gasteiger partial charge in [0.05, 0.1) is 12.0 Å². The summed E-state index contributed by atoms with van der Waals surface area (Å²) in [4.78, 5) is 11.8. The van der Waals surface area contributed by atoms with Gasteiger partial charge in [-0.3, -0.25) is 0 Å². The van der Waals surface area contributed by atoms with E-state index >= 15 is 0 Å². The molecular formula is C17H16O3S. The number of aryl methyl sites for hydroxylation is 2. The van der Waals surface area contributed by atoms with E-state index in [2.05, 4.69) is 6.07 Å². The molecule has 3 nitrogen and oxygen atoms in total. The van der Waals surface area contributed by atoms with Gasteiger partial charge in [-0.25, -0.2) is 4.79 Å². The molecule has 0 unspecified atom stereocenters. The highest BCUT2D eigenvalue weighted by atomic mass is 32.2. The van der Waals surface area contributed by atoms with Gasteiger partial charge in [-0.15, -0.1) is 11.8 Å². The summed E-state index contributed by atoms with van der Waals surface area (Å²) < 4.78 is 10.7. The average Bonchev–Trinajstić information content (AvgIpc) is 2.96. The number of thioether (sulfide) groups is 1. The molecule has 0 radical (unpaired) electrons. The number of fused-ring (bicyclic) bond motifs is 1. The summed E-state index contributed by atoms with van der Waals surface area (Å²) in [6.45, 7) is 4.01. The van der Waals surface area contributed by atoms with Crippen LogP contribution in [-0.2, 0) is 11.5 Å². The highest BCUT2D eigenvalue weighted by molar-refractivity contribution is 7.97. The Labute approximate surface area is 127 Å². The van der Waals surface area contributed by atoms with Crippen molar-refractivity contribution in [3.05, 3.63) is 69.5 Å². The predicted molar refractivity (Wildman–Crippen MR) is 85.7 cm³/mol. The first kappa shape index (κ1) is 14.0. The Kier molecular flexibility index (Phi) is 3.88. The molecule has 0 bridgehead atoms. The molecule has 21 heavy (non-hydrogen) atoms. The van der Waals surface area contributed by atoms with E-state index in [0.717, 1.165) is 39.3 Å². The molecule has 0 amide bonds.